The van der Waals surface area contributed by atoms with E-state index in [-0.39, 0.29) is 6.04 Å². The summed E-state index contributed by atoms with van der Waals surface area (Å²) in [5.74, 6) is 0. The van der Waals surface area contributed by atoms with E-state index in [1.807, 2.05) is 37.5 Å². The predicted molar refractivity (Wildman–Crippen MR) is 85.7 cm³/mol. The summed E-state index contributed by atoms with van der Waals surface area (Å²) >= 11 is 0. The van der Waals surface area contributed by atoms with E-state index in [9.17, 15) is 8.42 Å². The predicted octanol–water partition coefficient (Wildman–Crippen LogP) is 0.753. The molecule has 7 heteroatoms. The maximum Gasteiger partial charge on any atom is 0.242 e. The first-order valence-corrected chi connectivity index (χ1v) is 8.78. The smallest absolute Gasteiger partial charge is 0.242 e. The Morgan fingerprint density at radius 2 is 2.05 bits per heavy atom. The third kappa shape index (κ3) is 5.43. The number of aryl methyl sites for hydroxylation is 1. The van der Waals surface area contributed by atoms with Crippen LogP contribution in [0.25, 0.3) is 0 Å². The molecule has 0 aliphatic heterocycles. The van der Waals surface area contributed by atoms with Crippen LogP contribution in [-0.2, 0) is 23.6 Å². The topological polar surface area (TPSA) is 66.4 Å². The third-order valence-electron chi connectivity index (χ3n) is 3.58. The standard InChI is InChI=1S/C14H28N4O2S/c1-6-7-15-10-13-8-14(11-18(13)5)21(19,20)16-9-12(2)17(3)4/h8,11-12,15-16H,6-7,9-10H2,1-5H3. The van der Waals surface area contributed by atoms with Crippen molar-refractivity contribution in [2.24, 2.45) is 7.05 Å². The Bertz CT molecular complexity index is 537. The Morgan fingerprint density at radius 3 is 2.62 bits per heavy atom. The molecule has 1 unspecified atom stereocenters. The van der Waals surface area contributed by atoms with Gasteiger partial charge in [-0.05, 0) is 40.1 Å². The lowest BCUT2D eigenvalue weighted by Gasteiger charge is -2.19. The van der Waals surface area contributed by atoms with E-state index in [1.54, 1.807) is 12.3 Å². The second-order valence-corrected chi connectivity index (χ2v) is 7.39. The summed E-state index contributed by atoms with van der Waals surface area (Å²) in [6.45, 7) is 6.07. The monoisotopic (exact) mass is 316 g/mol. The number of nitrogens with zero attached hydrogens (tertiary/aromatic N) is 2. The lowest BCUT2D eigenvalue weighted by Crippen LogP contribution is -2.38. The number of rotatable bonds is 9. The molecule has 0 aliphatic carbocycles. The van der Waals surface area contributed by atoms with E-state index in [0.717, 1.165) is 18.7 Å². The summed E-state index contributed by atoms with van der Waals surface area (Å²) in [6, 6.07) is 1.87. The highest BCUT2D eigenvalue weighted by Crippen LogP contribution is 2.13. The summed E-state index contributed by atoms with van der Waals surface area (Å²) in [4.78, 5) is 2.30. The number of likely N-dealkylation sites (N-methyl/N-ethyl adjacent to an activating group) is 1. The van der Waals surface area contributed by atoms with Crippen LogP contribution in [0.2, 0.25) is 0 Å². The van der Waals surface area contributed by atoms with Crippen LogP contribution in [0, 0.1) is 0 Å². The highest BCUT2D eigenvalue weighted by Gasteiger charge is 2.18. The minimum absolute atomic E-state index is 0.147. The van der Waals surface area contributed by atoms with Crippen molar-refractivity contribution in [3.63, 3.8) is 0 Å². The SMILES string of the molecule is CCCNCc1cc(S(=O)(=O)NCC(C)N(C)C)cn1C. The fourth-order valence-corrected chi connectivity index (χ4v) is 3.00. The number of hydrogen-bond donors (Lipinski definition) is 2. The largest absolute Gasteiger partial charge is 0.352 e. The van der Waals surface area contributed by atoms with Gasteiger partial charge in [0.2, 0.25) is 10.0 Å². The molecule has 21 heavy (non-hydrogen) atoms. The van der Waals surface area contributed by atoms with Crippen molar-refractivity contribution in [1.82, 2.24) is 19.5 Å². The quantitative estimate of drug-likeness (QED) is 0.660. The van der Waals surface area contributed by atoms with Crippen LogP contribution < -0.4 is 10.0 Å². The normalized spacial score (nSPS) is 13.8. The Kier molecular flexibility index (Phi) is 6.86. The minimum Gasteiger partial charge on any atom is -0.352 e. The van der Waals surface area contributed by atoms with Crippen molar-refractivity contribution in [1.29, 1.82) is 0 Å². The lowest BCUT2D eigenvalue weighted by atomic mass is 10.3. The number of nitrogens with one attached hydrogen (secondary N) is 2. The number of hydrogen-bond acceptors (Lipinski definition) is 4. The molecule has 0 saturated carbocycles. The molecule has 1 aromatic rings. The first-order valence-electron chi connectivity index (χ1n) is 7.30. The fraction of sp³-hybridized carbons (Fsp3) is 0.714. The van der Waals surface area contributed by atoms with Crippen molar-refractivity contribution in [3.8, 4) is 0 Å². The van der Waals surface area contributed by atoms with E-state index in [0.29, 0.717) is 18.0 Å². The first kappa shape index (κ1) is 18.2. The van der Waals surface area contributed by atoms with Crippen molar-refractivity contribution in [3.05, 3.63) is 18.0 Å². The van der Waals surface area contributed by atoms with Crippen molar-refractivity contribution in [2.45, 2.75) is 37.8 Å². The van der Waals surface area contributed by atoms with Crippen molar-refractivity contribution in [2.75, 3.05) is 27.2 Å². The minimum atomic E-state index is -3.45. The van der Waals surface area contributed by atoms with Gasteiger partial charge in [-0.1, -0.05) is 6.92 Å². The van der Waals surface area contributed by atoms with Gasteiger partial charge in [0.1, 0.15) is 0 Å². The first-order chi connectivity index (χ1) is 9.77. The van der Waals surface area contributed by atoms with Gasteiger partial charge in [-0.3, -0.25) is 0 Å². The molecule has 0 amide bonds. The molecule has 1 atom stereocenters. The van der Waals surface area contributed by atoms with Crippen LogP contribution in [0.3, 0.4) is 0 Å². The van der Waals surface area contributed by atoms with Crippen LogP contribution in [0.4, 0.5) is 0 Å². The highest BCUT2D eigenvalue weighted by atomic mass is 32.2. The van der Waals surface area contributed by atoms with Crippen LogP contribution in [0.5, 0.6) is 0 Å². The van der Waals surface area contributed by atoms with Gasteiger partial charge in [0.05, 0.1) is 4.90 Å². The molecular weight excluding hydrogens is 288 g/mol. The van der Waals surface area contributed by atoms with Gasteiger partial charge >= 0.3 is 0 Å². The van der Waals surface area contributed by atoms with E-state index in [1.165, 1.54) is 0 Å². The van der Waals surface area contributed by atoms with E-state index < -0.39 is 10.0 Å². The fourth-order valence-electron chi connectivity index (χ4n) is 1.79. The summed E-state index contributed by atoms with van der Waals surface area (Å²) in [5.41, 5.74) is 0.962. The zero-order chi connectivity index (χ0) is 16.0. The molecule has 1 heterocycles. The van der Waals surface area contributed by atoms with E-state index in [2.05, 4.69) is 17.0 Å². The number of aromatic nitrogens is 1. The molecule has 0 aliphatic rings. The van der Waals surface area contributed by atoms with Crippen LogP contribution >= 0.6 is 0 Å². The van der Waals surface area contributed by atoms with Crippen molar-refractivity contribution >= 4 is 10.0 Å². The Hall–Kier alpha value is -0.890. The Morgan fingerprint density at radius 1 is 1.38 bits per heavy atom. The van der Waals surface area contributed by atoms with Crippen molar-refractivity contribution < 1.29 is 8.42 Å². The molecule has 0 radical (unpaired) electrons. The van der Waals surface area contributed by atoms with E-state index >= 15 is 0 Å². The summed E-state index contributed by atoms with van der Waals surface area (Å²) in [7, 11) is 2.28. The third-order valence-corrected chi connectivity index (χ3v) is 4.97. The van der Waals surface area contributed by atoms with Gasteiger partial charge in [0.15, 0.2) is 0 Å². The molecular formula is C14H28N4O2S. The molecule has 2 N–H and O–H groups in total. The molecule has 0 saturated heterocycles. The molecule has 0 spiro atoms. The molecule has 0 bridgehead atoms. The van der Waals surface area contributed by atoms with Crippen LogP contribution in [0.1, 0.15) is 26.0 Å². The van der Waals surface area contributed by atoms with E-state index in [4.69, 9.17) is 0 Å². The highest BCUT2D eigenvalue weighted by molar-refractivity contribution is 7.89. The second kappa shape index (κ2) is 7.93. The molecule has 122 valence electrons. The molecule has 0 aromatic carbocycles. The maximum absolute atomic E-state index is 12.3. The average Bonchev–Trinajstić information content (AvgIpc) is 2.79. The van der Waals surface area contributed by atoms with Gasteiger partial charge in [0, 0.05) is 38.1 Å². The van der Waals surface area contributed by atoms with Gasteiger partial charge in [0.25, 0.3) is 0 Å². The maximum atomic E-state index is 12.3. The Labute approximate surface area is 128 Å². The molecule has 6 nitrogen and oxygen atoms in total. The van der Waals surface area contributed by atoms with Gasteiger partial charge < -0.3 is 14.8 Å². The van der Waals surface area contributed by atoms with Crippen LogP contribution in [-0.4, -0.2) is 51.1 Å². The van der Waals surface area contributed by atoms with Gasteiger partial charge in [-0.25, -0.2) is 13.1 Å². The zero-order valence-electron chi connectivity index (χ0n) is 13.7. The summed E-state index contributed by atoms with van der Waals surface area (Å²) < 4.78 is 29.1. The second-order valence-electron chi connectivity index (χ2n) is 5.62. The molecule has 1 rings (SSSR count). The van der Waals surface area contributed by atoms with Gasteiger partial charge in [-0.2, -0.15) is 0 Å². The lowest BCUT2D eigenvalue weighted by molar-refractivity contribution is 0.314. The Balaban J connectivity index is 2.73. The molecule has 0 fully saturated rings. The summed E-state index contributed by atoms with van der Waals surface area (Å²) in [5, 5.41) is 3.28. The van der Waals surface area contributed by atoms with Crippen LogP contribution in [0.15, 0.2) is 17.2 Å². The zero-order valence-corrected chi connectivity index (χ0v) is 14.5. The number of sulfonamides is 1. The van der Waals surface area contributed by atoms with Gasteiger partial charge in [-0.15, -0.1) is 0 Å². The molecule has 1 aromatic heterocycles. The average molecular weight is 316 g/mol. The summed E-state index contributed by atoms with van der Waals surface area (Å²) in [6.07, 6.45) is 2.71.